The quantitative estimate of drug-likeness (QED) is 0.850. The minimum atomic E-state index is -0.675. The number of benzene rings is 2. The van der Waals surface area contributed by atoms with Crippen molar-refractivity contribution in [2.45, 2.75) is 13.0 Å². The van der Waals surface area contributed by atoms with Crippen molar-refractivity contribution in [1.29, 1.82) is 0 Å². The number of nitrogens with two attached hydrogens (primary N) is 1. The van der Waals surface area contributed by atoms with E-state index >= 15 is 0 Å². The lowest BCUT2D eigenvalue weighted by atomic mass is 10.0. The predicted octanol–water partition coefficient (Wildman–Crippen LogP) is 2.41. The van der Waals surface area contributed by atoms with E-state index in [9.17, 15) is 9.59 Å². The third-order valence-electron chi connectivity index (χ3n) is 4.90. The van der Waals surface area contributed by atoms with Gasteiger partial charge in [-0.15, -0.1) is 12.4 Å². The van der Waals surface area contributed by atoms with Crippen LogP contribution in [0.1, 0.15) is 27.5 Å². The summed E-state index contributed by atoms with van der Waals surface area (Å²) in [5, 5.41) is 0. The maximum atomic E-state index is 12.7. The van der Waals surface area contributed by atoms with E-state index in [0.29, 0.717) is 37.5 Å². The standard InChI is InChI=1S/C21H25N3O3.ClH/c1-15-6-8-16(9-7-15)19(22)21(26)24-12-10-23(11-13-24)20(25)17-4-3-5-18(14-17)27-2;/h3-9,14,19H,10-13,22H2,1-2H3;1H. The van der Waals surface area contributed by atoms with E-state index in [1.54, 1.807) is 41.2 Å². The maximum Gasteiger partial charge on any atom is 0.254 e. The van der Waals surface area contributed by atoms with Crippen molar-refractivity contribution < 1.29 is 14.3 Å². The van der Waals surface area contributed by atoms with Gasteiger partial charge in [0.2, 0.25) is 5.91 Å². The van der Waals surface area contributed by atoms with Crippen molar-refractivity contribution in [2.24, 2.45) is 5.73 Å². The molecule has 2 N–H and O–H groups in total. The molecule has 3 rings (SSSR count). The fourth-order valence-corrected chi connectivity index (χ4v) is 3.18. The number of carbonyl (C=O) groups is 2. The van der Waals surface area contributed by atoms with Gasteiger partial charge in [-0.05, 0) is 30.7 Å². The molecule has 2 amide bonds. The molecule has 2 aromatic rings. The monoisotopic (exact) mass is 403 g/mol. The molecule has 1 fully saturated rings. The molecule has 150 valence electrons. The molecule has 0 spiro atoms. The molecule has 0 saturated carbocycles. The van der Waals surface area contributed by atoms with E-state index in [1.165, 1.54) is 0 Å². The zero-order valence-corrected chi connectivity index (χ0v) is 16.9. The van der Waals surface area contributed by atoms with Gasteiger partial charge in [-0.3, -0.25) is 9.59 Å². The third kappa shape index (κ3) is 4.82. The first-order valence-corrected chi connectivity index (χ1v) is 9.04. The number of hydrogen-bond acceptors (Lipinski definition) is 4. The van der Waals surface area contributed by atoms with Gasteiger partial charge in [0.1, 0.15) is 11.8 Å². The van der Waals surface area contributed by atoms with Crippen molar-refractivity contribution in [3.8, 4) is 5.75 Å². The van der Waals surface area contributed by atoms with Gasteiger partial charge in [-0.25, -0.2) is 0 Å². The SMILES string of the molecule is COc1cccc(C(=O)N2CCN(C(=O)C(N)c3ccc(C)cc3)CC2)c1.Cl. The molecule has 1 unspecified atom stereocenters. The topological polar surface area (TPSA) is 75.9 Å². The van der Waals surface area contributed by atoms with E-state index in [-0.39, 0.29) is 24.2 Å². The van der Waals surface area contributed by atoms with Crippen LogP contribution in [0.5, 0.6) is 5.75 Å². The van der Waals surface area contributed by atoms with E-state index < -0.39 is 6.04 Å². The number of rotatable bonds is 4. The van der Waals surface area contributed by atoms with Crippen LogP contribution in [-0.4, -0.2) is 54.9 Å². The summed E-state index contributed by atoms with van der Waals surface area (Å²) in [6, 6.07) is 14.1. The number of methoxy groups -OCH3 is 1. The minimum absolute atomic E-state index is 0. The Hall–Kier alpha value is -2.57. The third-order valence-corrected chi connectivity index (χ3v) is 4.90. The Labute approximate surface area is 171 Å². The molecular weight excluding hydrogens is 378 g/mol. The first kappa shape index (κ1) is 21.7. The number of piperazine rings is 1. The number of hydrogen-bond donors (Lipinski definition) is 1. The van der Waals surface area contributed by atoms with Crippen LogP contribution in [0.2, 0.25) is 0 Å². The van der Waals surface area contributed by atoms with Crippen LogP contribution in [0.3, 0.4) is 0 Å². The summed E-state index contributed by atoms with van der Waals surface area (Å²) in [5.74, 6) is 0.495. The van der Waals surface area contributed by atoms with Crippen molar-refractivity contribution in [3.05, 3.63) is 65.2 Å². The van der Waals surface area contributed by atoms with Crippen LogP contribution in [-0.2, 0) is 4.79 Å². The van der Waals surface area contributed by atoms with Crippen LogP contribution < -0.4 is 10.5 Å². The van der Waals surface area contributed by atoms with Crippen LogP contribution in [0.15, 0.2) is 48.5 Å². The molecule has 7 heteroatoms. The Morgan fingerprint density at radius 1 is 1.00 bits per heavy atom. The summed E-state index contributed by atoms with van der Waals surface area (Å²) in [6.45, 7) is 3.93. The highest BCUT2D eigenvalue weighted by atomic mass is 35.5. The van der Waals surface area contributed by atoms with Crippen molar-refractivity contribution >= 4 is 24.2 Å². The second kappa shape index (κ2) is 9.57. The number of aryl methyl sites for hydroxylation is 1. The van der Waals surface area contributed by atoms with E-state index in [2.05, 4.69) is 0 Å². The van der Waals surface area contributed by atoms with Gasteiger partial charge in [0, 0.05) is 31.7 Å². The van der Waals surface area contributed by atoms with Gasteiger partial charge >= 0.3 is 0 Å². The Morgan fingerprint density at radius 3 is 2.21 bits per heavy atom. The van der Waals surface area contributed by atoms with Gasteiger partial charge in [-0.2, -0.15) is 0 Å². The molecular formula is C21H26ClN3O3. The van der Waals surface area contributed by atoms with Gasteiger partial charge < -0.3 is 20.3 Å². The van der Waals surface area contributed by atoms with Gasteiger partial charge in [0.25, 0.3) is 5.91 Å². The molecule has 6 nitrogen and oxygen atoms in total. The highest BCUT2D eigenvalue weighted by Crippen LogP contribution is 2.18. The predicted molar refractivity (Wildman–Crippen MR) is 111 cm³/mol. The van der Waals surface area contributed by atoms with E-state index in [1.807, 2.05) is 31.2 Å². The summed E-state index contributed by atoms with van der Waals surface area (Å²) >= 11 is 0. The lowest BCUT2D eigenvalue weighted by molar-refractivity contribution is -0.134. The van der Waals surface area contributed by atoms with Crippen molar-refractivity contribution in [3.63, 3.8) is 0 Å². The fourth-order valence-electron chi connectivity index (χ4n) is 3.18. The van der Waals surface area contributed by atoms with Crippen molar-refractivity contribution in [1.82, 2.24) is 9.80 Å². The Kier molecular flexibility index (Phi) is 7.43. The number of nitrogens with zero attached hydrogens (tertiary/aromatic N) is 2. The second-order valence-electron chi connectivity index (χ2n) is 6.74. The van der Waals surface area contributed by atoms with Gasteiger partial charge in [0.15, 0.2) is 0 Å². The molecule has 1 aliphatic rings. The summed E-state index contributed by atoms with van der Waals surface area (Å²) in [5.41, 5.74) is 8.67. The molecule has 0 bridgehead atoms. The fraction of sp³-hybridized carbons (Fsp3) is 0.333. The Morgan fingerprint density at radius 2 is 1.61 bits per heavy atom. The highest BCUT2D eigenvalue weighted by molar-refractivity contribution is 5.95. The average molecular weight is 404 g/mol. The Bertz CT molecular complexity index is 818. The van der Waals surface area contributed by atoms with Crippen LogP contribution >= 0.6 is 12.4 Å². The average Bonchev–Trinajstić information content (AvgIpc) is 2.73. The molecule has 0 aromatic heterocycles. The first-order chi connectivity index (χ1) is 13.0. The van der Waals surface area contributed by atoms with E-state index in [0.717, 1.165) is 11.1 Å². The normalized spacial score (nSPS) is 14.8. The lowest BCUT2D eigenvalue weighted by Gasteiger charge is -2.36. The summed E-state index contributed by atoms with van der Waals surface area (Å²) < 4.78 is 5.18. The number of amides is 2. The first-order valence-electron chi connectivity index (χ1n) is 9.04. The smallest absolute Gasteiger partial charge is 0.254 e. The molecule has 1 atom stereocenters. The van der Waals surface area contributed by atoms with Crippen LogP contribution in [0, 0.1) is 6.92 Å². The van der Waals surface area contributed by atoms with Crippen LogP contribution in [0.25, 0.3) is 0 Å². The lowest BCUT2D eigenvalue weighted by Crippen LogP contribution is -2.52. The molecule has 1 heterocycles. The number of ether oxygens (including phenoxy) is 1. The molecule has 0 radical (unpaired) electrons. The molecule has 0 aliphatic carbocycles. The zero-order chi connectivity index (χ0) is 19.4. The molecule has 1 saturated heterocycles. The highest BCUT2D eigenvalue weighted by Gasteiger charge is 2.28. The largest absolute Gasteiger partial charge is 0.497 e. The molecule has 1 aliphatic heterocycles. The van der Waals surface area contributed by atoms with Crippen molar-refractivity contribution in [2.75, 3.05) is 33.3 Å². The Balaban J connectivity index is 0.00000280. The zero-order valence-electron chi connectivity index (χ0n) is 16.1. The molecule has 2 aromatic carbocycles. The minimum Gasteiger partial charge on any atom is -0.497 e. The van der Waals surface area contributed by atoms with E-state index in [4.69, 9.17) is 10.5 Å². The number of halogens is 1. The summed E-state index contributed by atoms with van der Waals surface area (Å²) in [6.07, 6.45) is 0. The second-order valence-corrected chi connectivity index (χ2v) is 6.74. The van der Waals surface area contributed by atoms with Crippen LogP contribution in [0.4, 0.5) is 0 Å². The molecule has 28 heavy (non-hydrogen) atoms. The summed E-state index contributed by atoms with van der Waals surface area (Å²) in [4.78, 5) is 28.9. The number of carbonyl (C=O) groups excluding carboxylic acids is 2. The van der Waals surface area contributed by atoms with Gasteiger partial charge in [-0.1, -0.05) is 35.9 Å². The summed E-state index contributed by atoms with van der Waals surface area (Å²) in [7, 11) is 1.57. The maximum absolute atomic E-state index is 12.7. The van der Waals surface area contributed by atoms with Gasteiger partial charge in [0.05, 0.1) is 7.11 Å².